The Kier molecular flexibility index (Phi) is 6.28. The van der Waals surface area contributed by atoms with Crippen LogP contribution in [0.1, 0.15) is 46.5 Å². The van der Waals surface area contributed by atoms with Gasteiger partial charge in [0.15, 0.2) is 0 Å². The molecular weight excluding hydrogens is 458 g/mol. The zero-order chi connectivity index (χ0) is 23.0. The quantitative estimate of drug-likeness (QED) is 0.664. The van der Waals surface area contributed by atoms with Crippen LogP contribution in [-0.2, 0) is 27.8 Å². The maximum absolute atomic E-state index is 13.5. The van der Waals surface area contributed by atoms with Gasteiger partial charge in [0, 0.05) is 45.2 Å². The van der Waals surface area contributed by atoms with E-state index in [2.05, 4.69) is 0 Å². The molecule has 0 bridgehead atoms. The van der Waals surface area contributed by atoms with Crippen LogP contribution in [0.15, 0.2) is 40.6 Å². The van der Waals surface area contributed by atoms with Crippen molar-refractivity contribution in [2.24, 2.45) is 5.92 Å². The summed E-state index contributed by atoms with van der Waals surface area (Å²) in [5, 5.41) is 1.68. The van der Waals surface area contributed by atoms with Crippen molar-refractivity contribution in [2.75, 3.05) is 32.7 Å². The Morgan fingerprint density at radius 3 is 2.27 bits per heavy atom. The van der Waals surface area contributed by atoms with Crippen molar-refractivity contribution in [3.05, 3.63) is 51.7 Å². The van der Waals surface area contributed by atoms with Gasteiger partial charge in [-0.15, -0.1) is 11.3 Å². The standard InChI is InChI=1S/C24H29N3O4S2/c28-23(19-6-2-3-7-19)25-12-14-26(15-13-25)24(29)22-21(10-16-32-22)33(30,31)27-11-9-18-5-1-4-8-20(18)17-27/h1,4-5,8,10,16,19H,2-3,6-7,9,11-15,17H2. The largest absolute Gasteiger partial charge is 0.339 e. The molecule has 3 aliphatic rings. The average molecular weight is 488 g/mol. The van der Waals surface area contributed by atoms with Crippen LogP contribution in [0.4, 0.5) is 0 Å². The maximum Gasteiger partial charge on any atom is 0.265 e. The Balaban J connectivity index is 1.28. The van der Waals surface area contributed by atoms with E-state index in [1.807, 2.05) is 29.2 Å². The van der Waals surface area contributed by atoms with Crippen molar-refractivity contribution in [3.63, 3.8) is 0 Å². The molecule has 1 aromatic heterocycles. The molecule has 33 heavy (non-hydrogen) atoms. The molecule has 176 valence electrons. The molecule has 0 atom stereocenters. The lowest BCUT2D eigenvalue weighted by Crippen LogP contribution is -2.51. The van der Waals surface area contributed by atoms with Crippen LogP contribution in [0.5, 0.6) is 0 Å². The zero-order valence-corrected chi connectivity index (χ0v) is 20.2. The number of hydrogen-bond acceptors (Lipinski definition) is 5. The highest BCUT2D eigenvalue weighted by Crippen LogP contribution is 2.31. The Hall–Kier alpha value is -2.23. The predicted octanol–water partition coefficient (Wildman–Crippen LogP) is 2.97. The number of sulfonamides is 1. The second kappa shape index (κ2) is 9.19. The van der Waals surface area contributed by atoms with Crippen molar-refractivity contribution in [1.82, 2.24) is 14.1 Å². The number of piperazine rings is 1. The van der Waals surface area contributed by atoms with E-state index in [9.17, 15) is 18.0 Å². The highest BCUT2D eigenvalue weighted by Gasteiger charge is 2.35. The fourth-order valence-corrected chi connectivity index (χ4v) is 7.96. The second-order valence-electron chi connectivity index (χ2n) is 9.07. The topological polar surface area (TPSA) is 78.0 Å². The minimum absolute atomic E-state index is 0.0985. The molecular formula is C24H29N3O4S2. The van der Waals surface area contributed by atoms with E-state index in [-0.39, 0.29) is 27.5 Å². The number of hydrogen-bond donors (Lipinski definition) is 0. The highest BCUT2D eigenvalue weighted by molar-refractivity contribution is 7.89. The first-order valence-corrected chi connectivity index (χ1v) is 14.0. The van der Waals surface area contributed by atoms with Crippen molar-refractivity contribution < 1.29 is 18.0 Å². The van der Waals surface area contributed by atoms with Gasteiger partial charge in [0.2, 0.25) is 15.9 Å². The Morgan fingerprint density at radius 1 is 0.879 bits per heavy atom. The summed E-state index contributed by atoms with van der Waals surface area (Å²) in [6, 6.07) is 9.44. The van der Waals surface area contributed by atoms with E-state index < -0.39 is 10.0 Å². The van der Waals surface area contributed by atoms with Gasteiger partial charge in [-0.25, -0.2) is 8.42 Å². The number of rotatable bonds is 4. The van der Waals surface area contributed by atoms with Gasteiger partial charge in [0.1, 0.15) is 9.77 Å². The minimum Gasteiger partial charge on any atom is -0.339 e. The van der Waals surface area contributed by atoms with Crippen molar-refractivity contribution in [1.29, 1.82) is 0 Å². The van der Waals surface area contributed by atoms with Crippen LogP contribution in [0.3, 0.4) is 0 Å². The molecule has 0 unspecified atom stereocenters. The van der Waals surface area contributed by atoms with Crippen molar-refractivity contribution in [2.45, 2.75) is 43.5 Å². The van der Waals surface area contributed by atoms with Crippen LogP contribution in [0, 0.1) is 5.92 Å². The molecule has 5 rings (SSSR count). The summed E-state index contributed by atoms with van der Waals surface area (Å²) in [4.78, 5) is 29.9. The Bertz CT molecular complexity index is 1150. The van der Waals surface area contributed by atoms with Crippen LogP contribution in [0.25, 0.3) is 0 Å². The number of carbonyl (C=O) groups is 2. The molecule has 2 amide bonds. The molecule has 0 radical (unpaired) electrons. The van der Waals surface area contributed by atoms with E-state index in [0.717, 1.165) is 31.2 Å². The third-order valence-electron chi connectivity index (χ3n) is 7.12. The molecule has 7 nitrogen and oxygen atoms in total. The lowest BCUT2D eigenvalue weighted by molar-refractivity contribution is -0.136. The summed E-state index contributed by atoms with van der Waals surface area (Å²) in [6.45, 7) is 2.63. The Labute approximate surface area is 199 Å². The molecule has 1 aliphatic carbocycles. The number of nitrogens with zero attached hydrogens (tertiary/aromatic N) is 3. The van der Waals surface area contributed by atoms with Crippen molar-refractivity contribution in [3.8, 4) is 0 Å². The first kappa shape index (κ1) is 22.6. The van der Waals surface area contributed by atoms with Crippen LogP contribution >= 0.6 is 11.3 Å². The SMILES string of the molecule is O=C(c1sccc1S(=O)(=O)N1CCc2ccccc2C1)N1CCN(C(=O)C2CCCC2)CC1. The molecule has 2 aliphatic heterocycles. The molecule has 2 fully saturated rings. The monoisotopic (exact) mass is 487 g/mol. The molecule has 1 aromatic carbocycles. The zero-order valence-electron chi connectivity index (χ0n) is 18.6. The van der Waals surface area contributed by atoms with Gasteiger partial charge in [-0.3, -0.25) is 9.59 Å². The first-order valence-electron chi connectivity index (χ1n) is 11.7. The first-order chi connectivity index (χ1) is 15.9. The minimum atomic E-state index is -3.78. The maximum atomic E-state index is 13.5. The lowest BCUT2D eigenvalue weighted by atomic mass is 10.0. The molecule has 1 saturated heterocycles. The van der Waals surface area contributed by atoms with Gasteiger partial charge in [-0.2, -0.15) is 4.31 Å². The van der Waals surface area contributed by atoms with Crippen LogP contribution in [0.2, 0.25) is 0 Å². The van der Waals surface area contributed by atoms with Gasteiger partial charge < -0.3 is 9.80 Å². The fraction of sp³-hybridized carbons (Fsp3) is 0.500. The van der Waals surface area contributed by atoms with Crippen LogP contribution < -0.4 is 0 Å². The summed E-state index contributed by atoms with van der Waals surface area (Å²) in [5.74, 6) is 0.0919. The predicted molar refractivity (Wildman–Crippen MR) is 127 cm³/mol. The molecule has 1 saturated carbocycles. The Morgan fingerprint density at radius 2 is 1.55 bits per heavy atom. The molecule has 2 aromatic rings. The number of thiophene rings is 1. The number of carbonyl (C=O) groups excluding carboxylic acids is 2. The average Bonchev–Trinajstić information content (AvgIpc) is 3.56. The van der Waals surface area contributed by atoms with Gasteiger partial charge in [0.05, 0.1) is 0 Å². The number of benzene rings is 1. The molecule has 0 N–H and O–H groups in total. The third-order valence-corrected chi connectivity index (χ3v) is 10.0. The smallest absolute Gasteiger partial charge is 0.265 e. The summed E-state index contributed by atoms with van der Waals surface area (Å²) in [7, 11) is -3.78. The van der Waals surface area contributed by atoms with Gasteiger partial charge in [-0.05, 0) is 41.8 Å². The molecule has 3 heterocycles. The van der Waals surface area contributed by atoms with Gasteiger partial charge >= 0.3 is 0 Å². The summed E-state index contributed by atoms with van der Waals surface area (Å²) < 4.78 is 28.4. The van der Waals surface area contributed by atoms with Gasteiger partial charge in [0.25, 0.3) is 5.91 Å². The lowest BCUT2D eigenvalue weighted by Gasteiger charge is -2.36. The van der Waals surface area contributed by atoms with E-state index in [1.165, 1.54) is 21.2 Å². The number of fused-ring (bicyclic) bond motifs is 1. The highest BCUT2D eigenvalue weighted by atomic mass is 32.2. The number of amides is 2. The van der Waals surface area contributed by atoms with E-state index in [1.54, 1.807) is 16.3 Å². The third kappa shape index (κ3) is 4.34. The summed E-state index contributed by atoms with van der Waals surface area (Å²) in [6.07, 6.45) is 4.84. The molecule has 9 heteroatoms. The summed E-state index contributed by atoms with van der Waals surface area (Å²) in [5.41, 5.74) is 2.19. The van der Waals surface area contributed by atoms with E-state index >= 15 is 0 Å². The van der Waals surface area contributed by atoms with Crippen molar-refractivity contribution >= 4 is 33.2 Å². The molecule has 0 spiro atoms. The summed E-state index contributed by atoms with van der Waals surface area (Å²) >= 11 is 1.18. The van der Waals surface area contributed by atoms with Crippen LogP contribution in [-0.4, -0.2) is 67.1 Å². The fourth-order valence-electron chi connectivity index (χ4n) is 5.18. The van der Waals surface area contributed by atoms with E-state index in [4.69, 9.17) is 0 Å². The van der Waals surface area contributed by atoms with E-state index in [0.29, 0.717) is 45.7 Å². The normalized spacial score (nSPS) is 20.1. The van der Waals surface area contributed by atoms with Gasteiger partial charge in [-0.1, -0.05) is 37.1 Å². The second-order valence-corrected chi connectivity index (χ2v) is 11.9.